The standard InChI is InChI=1S/C19H16ClF2N3O/c1-11-15(21)4-3-13(18(11)22)12-7-16-19(23-8-12)14(20)9-25(16)10-17(26)24-5-2-6-24/h3-4,7-9H,2,5-6,10H2,1H3. The predicted molar refractivity (Wildman–Crippen MR) is 96.0 cm³/mol. The summed E-state index contributed by atoms with van der Waals surface area (Å²) in [6.45, 7) is 3.09. The molecule has 26 heavy (non-hydrogen) atoms. The number of amides is 1. The van der Waals surface area contributed by atoms with Crippen LogP contribution in [0.25, 0.3) is 22.2 Å². The van der Waals surface area contributed by atoms with E-state index in [-0.39, 0.29) is 23.6 Å². The molecule has 4 nitrogen and oxygen atoms in total. The van der Waals surface area contributed by atoms with Crippen molar-refractivity contribution >= 4 is 28.5 Å². The zero-order chi connectivity index (χ0) is 18.4. The fraction of sp³-hybridized carbons (Fsp3) is 0.263. The number of carbonyl (C=O) groups is 1. The van der Waals surface area contributed by atoms with Crippen LogP contribution < -0.4 is 0 Å². The molecular weight excluding hydrogens is 360 g/mol. The maximum atomic E-state index is 14.5. The minimum atomic E-state index is -0.619. The normalized spacial score (nSPS) is 13.9. The van der Waals surface area contributed by atoms with E-state index >= 15 is 0 Å². The van der Waals surface area contributed by atoms with E-state index in [9.17, 15) is 13.6 Å². The number of aromatic nitrogens is 2. The van der Waals surface area contributed by atoms with Crippen LogP contribution in [-0.2, 0) is 11.3 Å². The molecule has 1 fully saturated rings. The van der Waals surface area contributed by atoms with Crippen molar-refractivity contribution in [1.82, 2.24) is 14.5 Å². The Morgan fingerprint density at radius 3 is 2.77 bits per heavy atom. The molecule has 3 aromatic rings. The number of hydrogen-bond acceptors (Lipinski definition) is 2. The molecule has 4 rings (SSSR count). The van der Waals surface area contributed by atoms with Crippen LogP contribution in [0.4, 0.5) is 8.78 Å². The summed E-state index contributed by atoms with van der Waals surface area (Å²) in [4.78, 5) is 18.4. The number of hydrogen-bond donors (Lipinski definition) is 0. The molecule has 0 aliphatic carbocycles. The highest BCUT2D eigenvalue weighted by Crippen LogP contribution is 2.31. The Balaban J connectivity index is 1.78. The average Bonchev–Trinajstić information content (AvgIpc) is 2.86. The smallest absolute Gasteiger partial charge is 0.242 e. The maximum Gasteiger partial charge on any atom is 0.242 e. The Morgan fingerprint density at radius 2 is 2.08 bits per heavy atom. The lowest BCUT2D eigenvalue weighted by atomic mass is 10.0. The topological polar surface area (TPSA) is 38.1 Å². The number of rotatable bonds is 3. The van der Waals surface area contributed by atoms with Crippen molar-refractivity contribution in [3.63, 3.8) is 0 Å². The molecule has 0 spiro atoms. The largest absolute Gasteiger partial charge is 0.341 e. The van der Waals surface area contributed by atoms with Crippen molar-refractivity contribution in [3.8, 4) is 11.1 Å². The second kappa shape index (κ2) is 6.36. The third kappa shape index (κ3) is 2.74. The van der Waals surface area contributed by atoms with Gasteiger partial charge in [-0.1, -0.05) is 11.6 Å². The molecule has 0 bridgehead atoms. The lowest BCUT2D eigenvalue weighted by Gasteiger charge is -2.31. The summed E-state index contributed by atoms with van der Waals surface area (Å²) in [6.07, 6.45) is 4.19. The molecule has 134 valence electrons. The Kier molecular flexibility index (Phi) is 4.15. The van der Waals surface area contributed by atoms with Crippen LogP contribution in [-0.4, -0.2) is 33.4 Å². The fourth-order valence-corrected chi connectivity index (χ4v) is 3.36. The number of fused-ring (bicyclic) bond motifs is 1. The third-order valence-electron chi connectivity index (χ3n) is 4.82. The molecule has 1 aromatic carbocycles. The van der Waals surface area contributed by atoms with Gasteiger partial charge < -0.3 is 9.47 Å². The van der Waals surface area contributed by atoms with Gasteiger partial charge in [-0.05, 0) is 31.5 Å². The van der Waals surface area contributed by atoms with Crippen molar-refractivity contribution in [2.75, 3.05) is 13.1 Å². The molecule has 1 saturated heterocycles. The average molecular weight is 376 g/mol. The van der Waals surface area contributed by atoms with E-state index in [4.69, 9.17) is 11.6 Å². The number of carbonyl (C=O) groups excluding carboxylic acids is 1. The molecule has 2 aromatic heterocycles. The van der Waals surface area contributed by atoms with Crippen LogP contribution in [0.1, 0.15) is 12.0 Å². The van der Waals surface area contributed by atoms with Gasteiger partial charge in [-0.25, -0.2) is 8.78 Å². The highest BCUT2D eigenvalue weighted by Gasteiger charge is 2.22. The SMILES string of the molecule is Cc1c(F)ccc(-c2cnc3c(Cl)cn(CC(=O)N4CCC4)c3c2)c1F. The van der Waals surface area contributed by atoms with Crippen molar-refractivity contribution < 1.29 is 13.6 Å². The van der Waals surface area contributed by atoms with Crippen LogP contribution in [0, 0.1) is 18.6 Å². The number of benzene rings is 1. The zero-order valence-electron chi connectivity index (χ0n) is 14.1. The van der Waals surface area contributed by atoms with Gasteiger partial charge in [0.05, 0.1) is 10.5 Å². The fourth-order valence-electron chi connectivity index (χ4n) is 3.10. The van der Waals surface area contributed by atoms with Crippen molar-refractivity contribution in [3.05, 3.63) is 52.8 Å². The second-order valence-corrected chi connectivity index (χ2v) is 6.87. The molecule has 1 amide bonds. The van der Waals surface area contributed by atoms with E-state index in [1.165, 1.54) is 25.3 Å². The van der Waals surface area contributed by atoms with Gasteiger partial charge in [-0.15, -0.1) is 0 Å². The molecule has 1 aliphatic rings. The first-order valence-electron chi connectivity index (χ1n) is 8.33. The van der Waals surface area contributed by atoms with Crippen LogP contribution in [0.5, 0.6) is 0 Å². The zero-order valence-corrected chi connectivity index (χ0v) is 14.9. The van der Waals surface area contributed by atoms with Gasteiger partial charge in [-0.3, -0.25) is 9.78 Å². The molecule has 3 heterocycles. The Bertz CT molecular complexity index is 1030. The van der Waals surface area contributed by atoms with Gasteiger partial charge in [0.15, 0.2) is 0 Å². The molecule has 0 atom stereocenters. The van der Waals surface area contributed by atoms with Crippen LogP contribution in [0.2, 0.25) is 5.02 Å². The molecule has 0 radical (unpaired) electrons. The molecule has 0 saturated carbocycles. The van der Waals surface area contributed by atoms with Crippen molar-refractivity contribution in [2.24, 2.45) is 0 Å². The number of nitrogens with zero attached hydrogens (tertiary/aromatic N) is 3. The van der Waals surface area contributed by atoms with E-state index in [2.05, 4.69) is 4.98 Å². The van der Waals surface area contributed by atoms with Crippen LogP contribution in [0.3, 0.4) is 0 Å². The van der Waals surface area contributed by atoms with Crippen LogP contribution in [0.15, 0.2) is 30.6 Å². The summed E-state index contributed by atoms with van der Waals surface area (Å²) in [5.74, 6) is -1.20. The van der Waals surface area contributed by atoms with Crippen molar-refractivity contribution in [2.45, 2.75) is 19.9 Å². The number of pyridine rings is 1. The van der Waals surface area contributed by atoms with Gasteiger partial charge in [0.25, 0.3) is 0 Å². The Labute approximate surface area is 154 Å². The van der Waals surface area contributed by atoms with E-state index < -0.39 is 11.6 Å². The first-order chi connectivity index (χ1) is 12.5. The Morgan fingerprint density at radius 1 is 1.31 bits per heavy atom. The molecular formula is C19H16ClF2N3O. The summed E-state index contributed by atoms with van der Waals surface area (Å²) in [6, 6.07) is 4.35. The molecule has 7 heteroatoms. The molecule has 0 N–H and O–H groups in total. The van der Waals surface area contributed by atoms with Crippen molar-refractivity contribution in [1.29, 1.82) is 0 Å². The first-order valence-corrected chi connectivity index (χ1v) is 8.70. The molecule has 0 unspecified atom stereocenters. The summed E-state index contributed by atoms with van der Waals surface area (Å²) in [5, 5.41) is 0.429. The lowest BCUT2D eigenvalue weighted by molar-refractivity contribution is -0.135. The number of halogens is 3. The summed E-state index contributed by atoms with van der Waals surface area (Å²) in [5.41, 5.74) is 1.92. The second-order valence-electron chi connectivity index (χ2n) is 6.46. The van der Waals surface area contributed by atoms with Crippen LogP contribution >= 0.6 is 11.6 Å². The van der Waals surface area contributed by atoms with Gasteiger partial charge in [0.1, 0.15) is 23.7 Å². The van der Waals surface area contributed by atoms with Gasteiger partial charge in [0, 0.05) is 42.2 Å². The minimum absolute atomic E-state index is 0.0130. The van der Waals surface area contributed by atoms with E-state index in [0.717, 1.165) is 19.5 Å². The predicted octanol–water partition coefficient (Wildman–Crippen LogP) is 4.18. The van der Waals surface area contributed by atoms with Gasteiger partial charge in [0.2, 0.25) is 5.91 Å². The van der Waals surface area contributed by atoms with E-state index in [1.807, 2.05) is 0 Å². The summed E-state index contributed by atoms with van der Waals surface area (Å²) >= 11 is 6.23. The monoisotopic (exact) mass is 375 g/mol. The minimum Gasteiger partial charge on any atom is -0.341 e. The third-order valence-corrected chi connectivity index (χ3v) is 5.09. The Hall–Kier alpha value is -2.47. The highest BCUT2D eigenvalue weighted by molar-refractivity contribution is 6.35. The van der Waals surface area contributed by atoms with Gasteiger partial charge >= 0.3 is 0 Å². The lowest BCUT2D eigenvalue weighted by Crippen LogP contribution is -2.43. The van der Waals surface area contributed by atoms with E-state index in [1.54, 1.807) is 21.7 Å². The number of likely N-dealkylation sites (tertiary alicyclic amines) is 1. The maximum absolute atomic E-state index is 14.5. The first kappa shape index (κ1) is 17.0. The molecule has 1 aliphatic heterocycles. The highest BCUT2D eigenvalue weighted by atomic mass is 35.5. The summed E-state index contributed by atoms with van der Waals surface area (Å²) in [7, 11) is 0. The van der Waals surface area contributed by atoms with E-state index in [0.29, 0.717) is 21.6 Å². The van der Waals surface area contributed by atoms with Gasteiger partial charge in [-0.2, -0.15) is 0 Å². The summed E-state index contributed by atoms with van der Waals surface area (Å²) < 4.78 is 29.7. The quantitative estimate of drug-likeness (QED) is 0.689.